The minimum Gasteiger partial charge on any atom is -0.380 e. The van der Waals surface area contributed by atoms with E-state index in [0.29, 0.717) is 6.04 Å². The van der Waals surface area contributed by atoms with Crippen LogP contribution >= 0.6 is 0 Å². The molecule has 1 aromatic rings. The fraction of sp³-hybridized carbons (Fsp3) is 0.765. The van der Waals surface area contributed by atoms with Gasteiger partial charge in [0.1, 0.15) is 0 Å². The Labute approximate surface area is 138 Å². The van der Waals surface area contributed by atoms with Crippen LogP contribution in [0, 0.1) is 0 Å². The van der Waals surface area contributed by atoms with Crippen molar-refractivity contribution in [1.82, 2.24) is 19.6 Å². The summed E-state index contributed by atoms with van der Waals surface area (Å²) in [4.78, 5) is 17.2. The van der Waals surface area contributed by atoms with E-state index in [9.17, 15) is 4.79 Å². The van der Waals surface area contributed by atoms with Gasteiger partial charge in [0.25, 0.3) is 0 Å². The number of carbonyl (C=O) groups is 1. The largest absolute Gasteiger partial charge is 0.380 e. The monoisotopic (exact) mass is 320 g/mol. The lowest BCUT2D eigenvalue weighted by atomic mass is 10.1. The molecule has 6 heteroatoms. The number of rotatable bonds is 5. The van der Waals surface area contributed by atoms with Crippen LogP contribution in [-0.2, 0) is 16.1 Å². The highest BCUT2D eigenvalue weighted by molar-refractivity contribution is 5.82. The second kappa shape index (κ2) is 7.01. The number of hydrogen-bond acceptors (Lipinski definition) is 4. The molecule has 0 radical (unpaired) electrons. The number of likely N-dealkylation sites (tertiary alicyclic amines) is 2. The van der Waals surface area contributed by atoms with E-state index in [1.165, 1.54) is 0 Å². The van der Waals surface area contributed by atoms with Crippen molar-refractivity contribution < 1.29 is 9.53 Å². The molecule has 128 valence electrons. The van der Waals surface area contributed by atoms with E-state index in [1.54, 1.807) is 7.11 Å². The molecule has 23 heavy (non-hydrogen) atoms. The first-order valence-electron chi connectivity index (χ1n) is 8.68. The van der Waals surface area contributed by atoms with Crippen molar-refractivity contribution in [3.63, 3.8) is 0 Å². The average molecular weight is 320 g/mol. The summed E-state index contributed by atoms with van der Waals surface area (Å²) < 4.78 is 7.59. The fourth-order valence-electron chi connectivity index (χ4n) is 3.75. The van der Waals surface area contributed by atoms with Gasteiger partial charge in [-0.1, -0.05) is 0 Å². The molecule has 0 unspecified atom stereocenters. The Balaban J connectivity index is 1.74. The summed E-state index contributed by atoms with van der Waals surface area (Å²) in [6, 6.07) is 2.32. The number of hydrogen-bond donors (Lipinski definition) is 0. The van der Waals surface area contributed by atoms with Gasteiger partial charge in [0, 0.05) is 45.5 Å². The van der Waals surface area contributed by atoms with Gasteiger partial charge in [0.15, 0.2) is 0 Å². The van der Waals surface area contributed by atoms with E-state index >= 15 is 0 Å². The van der Waals surface area contributed by atoms with Crippen molar-refractivity contribution in [3.05, 3.63) is 18.0 Å². The zero-order valence-corrected chi connectivity index (χ0v) is 14.4. The number of methoxy groups -OCH3 is 1. The highest BCUT2D eigenvalue weighted by Crippen LogP contribution is 2.26. The van der Waals surface area contributed by atoms with Crippen LogP contribution in [0.3, 0.4) is 0 Å². The third-order valence-corrected chi connectivity index (χ3v) is 5.01. The molecule has 0 aliphatic carbocycles. The van der Waals surface area contributed by atoms with Gasteiger partial charge in [-0.25, -0.2) is 0 Å². The van der Waals surface area contributed by atoms with Crippen molar-refractivity contribution in [2.75, 3.05) is 26.7 Å². The Morgan fingerprint density at radius 2 is 2.13 bits per heavy atom. The number of nitrogens with zero attached hydrogens (tertiary/aromatic N) is 4. The molecule has 6 nitrogen and oxygen atoms in total. The Morgan fingerprint density at radius 1 is 1.39 bits per heavy atom. The van der Waals surface area contributed by atoms with E-state index in [4.69, 9.17) is 4.74 Å². The number of ether oxygens (including phenoxy) is 1. The van der Waals surface area contributed by atoms with E-state index < -0.39 is 0 Å². The molecule has 1 aromatic heterocycles. The van der Waals surface area contributed by atoms with Crippen LogP contribution in [0.5, 0.6) is 0 Å². The van der Waals surface area contributed by atoms with E-state index in [0.717, 1.165) is 51.1 Å². The van der Waals surface area contributed by atoms with Gasteiger partial charge < -0.3 is 9.64 Å². The first kappa shape index (κ1) is 16.5. The minimum atomic E-state index is -0.0615. The lowest BCUT2D eigenvalue weighted by Gasteiger charge is -2.27. The summed E-state index contributed by atoms with van der Waals surface area (Å²) in [6.07, 6.45) is 5.04. The summed E-state index contributed by atoms with van der Waals surface area (Å²) in [5.74, 6) is 0.276. The Morgan fingerprint density at radius 3 is 2.78 bits per heavy atom. The summed E-state index contributed by atoms with van der Waals surface area (Å²) in [6.45, 7) is 7.64. The lowest BCUT2D eigenvalue weighted by Crippen LogP contribution is -2.44. The van der Waals surface area contributed by atoms with Crippen LogP contribution in [0.25, 0.3) is 0 Å². The average Bonchev–Trinajstić information content (AvgIpc) is 3.27. The van der Waals surface area contributed by atoms with Gasteiger partial charge in [-0.15, -0.1) is 0 Å². The molecule has 2 fully saturated rings. The van der Waals surface area contributed by atoms with Crippen molar-refractivity contribution in [1.29, 1.82) is 0 Å². The molecule has 1 amide bonds. The summed E-state index contributed by atoms with van der Waals surface area (Å²) in [5.41, 5.74) is 1.16. The Kier molecular flexibility index (Phi) is 5.02. The maximum Gasteiger partial charge on any atom is 0.240 e. The van der Waals surface area contributed by atoms with Crippen molar-refractivity contribution >= 4 is 5.91 Å². The molecule has 0 N–H and O–H groups in total. The Hall–Kier alpha value is -1.40. The SMILES string of the molecule is CO[C@H]1C[C@@H](C(=O)N2CCCC2)N(Cc2ccnn2C(C)C)C1. The summed E-state index contributed by atoms with van der Waals surface area (Å²) in [7, 11) is 1.74. The van der Waals surface area contributed by atoms with Crippen molar-refractivity contribution in [3.8, 4) is 0 Å². The smallest absolute Gasteiger partial charge is 0.240 e. The van der Waals surface area contributed by atoms with Crippen molar-refractivity contribution in [2.45, 2.75) is 57.8 Å². The summed E-state index contributed by atoms with van der Waals surface area (Å²) in [5, 5.41) is 4.41. The third kappa shape index (κ3) is 3.43. The maximum absolute atomic E-state index is 12.9. The highest BCUT2D eigenvalue weighted by Gasteiger charge is 2.39. The van der Waals surface area contributed by atoms with Gasteiger partial charge in [-0.2, -0.15) is 5.10 Å². The predicted molar refractivity (Wildman–Crippen MR) is 88.0 cm³/mol. The maximum atomic E-state index is 12.9. The second-order valence-corrected chi connectivity index (χ2v) is 6.93. The first-order chi connectivity index (χ1) is 11.1. The molecule has 0 aromatic carbocycles. The molecular formula is C17H28N4O2. The van der Waals surface area contributed by atoms with Crippen LogP contribution in [0.15, 0.2) is 12.3 Å². The Bertz CT molecular complexity index is 536. The first-order valence-corrected chi connectivity index (χ1v) is 8.68. The topological polar surface area (TPSA) is 50.6 Å². The van der Waals surface area contributed by atoms with Gasteiger partial charge in [0.2, 0.25) is 5.91 Å². The molecule has 0 spiro atoms. The van der Waals surface area contributed by atoms with Crippen LogP contribution < -0.4 is 0 Å². The van der Waals surface area contributed by atoms with Crippen LogP contribution in [0.4, 0.5) is 0 Å². The quantitative estimate of drug-likeness (QED) is 0.828. The molecule has 0 saturated carbocycles. The molecule has 2 aliphatic heterocycles. The van der Waals surface area contributed by atoms with E-state index in [-0.39, 0.29) is 18.1 Å². The van der Waals surface area contributed by atoms with Gasteiger partial charge in [-0.3, -0.25) is 14.4 Å². The summed E-state index contributed by atoms with van der Waals surface area (Å²) >= 11 is 0. The zero-order chi connectivity index (χ0) is 16.4. The van der Waals surface area contributed by atoms with Crippen LogP contribution in [0.2, 0.25) is 0 Å². The van der Waals surface area contributed by atoms with E-state index in [1.807, 2.05) is 15.8 Å². The second-order valence-electron chi connectivity index (χ2n) is 6.93. The molecule has 2 atom stereocenters. The third-order valence-electron chi connectivity index (χ3n) is 5.01. The van der Waals surface area contributed by atoms with Gasteiger partial charge >= 0.3 is 0 Å². The standard InChI is InChI=1S/C17H28N4O2/c1-13(2)21-14(6-7-18-21)11-20-12-15(23-3)10-16(20)17(22)19-8-4-5-9-19/h6-7,13,15-16H,4-5,8-12H2,1-3H3/t15-,16-/m0/s1. The molecule has 3 rings (SSSR count). The predicted octanol–water partition coefficient (Wildman–Crippen LogP) is 1.68. The van der Waals surface area contributed by atoms with Gasteiger partial charge in [0.05, 0.1) is 17.8 Å². The molecule has 2 aliphatic rings. The van der Waals surface area contributed by atoms with Crippen LogP contribution in [-0.4, -0.2) is 64.4 Å². The fourth-order valence-corrected chi connectivity index (χ4v) is 3.75. The normalized spacial score (nSPS) is 25.7. The lowest BCUT2D eigenvalue weighted by molar-refractivity contribution is -0.135. The molecule has 2 saturated heterocycles. The number of aromatic nitrogens is 2. The van der Waals surface area contributed by atoms with Crippen LogP contribution in [0.1, 0.15) is 44.8 Å². The highest BCUT2D eigenvalue weighted by atomic mass is 16.5. The van der Waals surface area contributed by atoms with Crippen molar-refractivity contribution in [2.24, 2.45) is 0 Å². The van der Waals surface area contributed by atoms with E-state index in [2.05, 4.69) is 29.9 Å². The number of amides is 1. The number of carbonyl (C=O) groups excluding carboxylic acids is 1. The molecule has 0 bridgehead atoms. The minimum absolute atomic E-state index is 0.0615. The zero-order valence-electron chi connectivity index (χ0n) is 14.4. The molecule has 3 heterocycles. The molecular weight excluding hydrogens is 292 g/mol. The van der Waals surface area contributed by atoms with Gasteiger partial charge in [-0.05, 0) is 39.2 Å².